The van der Waals surface area contributed by atoms with Crippen molar-refractivity contribution in [3.05, 3.63) is 34.9 Å². The summed E-state index contributed by atoms with van der Waals surface area (Å²) in [5.41, 5.74) is -0.270. The number of hydrogen-bond donors (Lipinski definition) is 1. The Hall–Kier alpha value is -1.55. The molecule has 2 aliphatic heterocycles. The van der Waals surface area contributed by atoms with E-state index in [1.165, 1.54) is 6.07 Å². The van der Waals surface area contributed by atoms with Crippen LogP contribution in [0.5, 0.6) is 0 Å². The molecule has 2 fully saturated rings. The fourth-order valence-electron chi connectivity index (χ4n) is 2.81. The van der Waals surface area contributed by atoms with Crippen LogP contribution in [0, 0.1) is 23.0 Å². The van der Waals surface area contributed by atoms with E-state index in [0.29, 0.717) is 19.2 Å². The maximum Gasteiger partial charge on any atom is 0.149 e. The molecule has 1 aromatic carbocycles. The van der Waals surface area contributed by atoms with Crippen molar-refractivity contribution in [2.45, 2.75) is 12.1 Å². The summed E-state index contributed by atoms with van der Waals surface area (Å²) in [5, 5.41) is 12.1. The van der Waals surface area contributed by atoms with Crippen LogP contribution in [-0.4, -0.2) is 43.7 Å². The SMILES string of the molecule is N#Cc1c(F)ccc([C@@H]2CN3CCNC[C@@H]3CO2)c1F. The lowest BCUT2D eigenvalue weighted by Crippen LogP contribution is -2.57. The van der Waals surface area contributed by atoms with Gasteiger partial charge in [0.25, 0.3) is 0 Å². The first-order valence-corrected chi connectivity index (χ1v) is 6.65. The molecule has 2 heterocycles. The first-order chi connectivity index (χ1) is 9.70. The van der Waals surface area contributed by atoms with Crippen LogP contribution in [0.3, 0.4) is 0 Å². The van der Waals surface area contributed by atoms with Gasteiger partial charge >= 0.3 is 0 Å². The first kappa shape index (κ1) is 13.4. The van der Waals surface area contributed by atoms with E-state index in [2.05, 4.69) is 10.2 Å². The van der Waals surface area contributed by atoms with Crippen molar-refractivity contribution in [3.63, 3.8) is 0 Å². The zero-order valence-corrected chi connectivity index (χ0v) is 10.9. The van der Waals surface area contributed by atoms with Gasteiger partial charge in [-0.3, -0.25) is 4.90 Å². The molecular weight excluding hydrogens is 264 g/mol. The Kier molecular flexibility index (Phi) is 3.66. The highest BCUT2D eigenvalue weighted by Gasteiger charge is 2.33. The molecule has 20 heavy (non-hydrogen) atoms. The Morgan fingerprint density at radius 1 is 1.40 bits per heavy atom. The average Bonchev–Trinajstić information content (AvgIpc) is 2.47. The van der Waals surface area contributed by atoms with Gasteiger partial charge in [0, 0.05) is 37.8 Å². The molecule has 6 heteroatoms. The highest BCUT2D eigenvalue weighted by atomic mass is 19.1. The number of piperazine rings is 1. The van der Waals surface area contributed by atoms with Crippen LogP contribution in [0.15, 0.2) is 12.1 Å². The molecule has 1 N–H and O–H groups in total. The highest BCUT2D eigenvalue weighted by Crippen LogP contribution is 2.29. The van der Waals surface area contributed by atoms with Crippen LogP contribution >= 0.6 is 0 Å². The van der Waals surface area contributed by atoms with Crippen LogP contribution in [0.1, 0.15) is 17.2 Å². The molecule has 0 radical (unpaired) electrons. The second kappa shape index (κ2) is 5.44. The molecular formula is C14H15F2N3O. The molecule has 0 saturated carbocycles. The molecule has 0 aliphatic carbocycles. The predicted molar refractivity (Wildman–Crippen MR) is 68.0 cm³/mol. The Morgan fingerprint density at radius 3 is 3.05 bits per heavy atom. The maximum absolute atomic E-state index is 14.2. The minimum absolute atomic E-state index is 0.264. The molecule has 2 aliphatic rings. The predicted octanol–water partition coefficient (Wildman–Crippen LogP) is 1.18. The summed E-state index contributed by atoms with van der Waals surface area (Å²) in [5.74, 6) is -1.63. The van der Waals surface area contributed by atoms with E-state index >= 15 is 0 Å². The number of ether oxygens (including phenoxy) is 1. The summed E-state index contributed by atoms with van der Waals surface area (Å²) in [4.78, 5) is 2.25. The van der Waals surface area contributed by atoms with Gasteiger partial charge in [-0.05, 0) is 6.07 Å². The molecule has 0 unspecified atom stereocenters. The molecule has 0 bridgehead atoms. The lowest BCUT2D eigenvalue weighted by molar-refractivity contribution is -0.0730. The average molecular weight is 279 g/mol. The molecule has 2 atom stereocenters. The third-order valence-electron chi connectivity index (χ3n) is 3.94. The number of benzene rings is 1. The number of nitriles is 1. The zero-order valence-electron chi connectivity index (χ0n) is 10.9. The maximum atomic E-state index is 14.2. The van der Waals surface area contributed by atoms with Gasteiger partial charge < -0.3 is 10.1 Å². The Labute approximate surface area is 115 Å². The van der Waals surface area contributed by atoms with Gasteiger partial charge in [-0.15, -0.1) is 0 Å². The van der Waals surface area contributed by atoms with Crippen LogP contribution in [0.4, 0.5) is 8.78 Å². The van der Waals surface area contributed by atoms with Gasteiger partial charge in [-0.1, -0.05) is 6.07 Å². The van der Waals surface area contributed by atoms with Crippen molar-refractivity contribution in [3.8, 4) is 6.07 Å². The number of nitrogens with one attached hydrogen (secondary N) is 1. The molecule has 0 amide bonds. The molecule has 106 valence electrons. The normalized spacial score (nSPS) is 26.9. The van der Waals surface area contributed by atoms with Crippen LogP contribution in [-0.2, 0) is 4.74 Å². The van der Waals surface area contributed by atoms with E-state index in [4.69, 9.17) is 10.00 Å². The first-order valence-electron chi connectivity index (χ1n) is 6.65. The quantitative estimate of drug-likeness (QED) is 0.838. The third-order valence-corrected chi connectivity index (χ3v) is 3.94. The van der Waals surface area contributed by atoms with E-state index in [9.17, 15) is 8.78 Å². The lowest BCUT2D eigenvalue weighted by atomic mass is 10.0. The van der Waals surface area contributed by atoms with E-state index in [1.54, 1.807) is 6.07 Å². The summed E-state index contributed by atoms with van der Waals surface area (Å²) in [6.07, 6.45) is -0.447. The Morgan fingerprint density at radius 2 is 2.25 bits per heavy atom. The van der Waals surface area contributed by atoms with Gasteiger partial charge in [0.2, 0.25) is 0 Å². The molecule has 3 rings (SSSR count). The van der Waals surface area contributed by atoms with Gasteiger partial charge in [-0.25, -0.2) is 8.78 Å². The fourth-order valence-corrected chi connectivity index (χ4v) is 2.81. The highest BCUT2D eigenvalue weighted by molar-refractivity contribution is 5.37. The number of hydrogen-bond acceptors (Lipinski definition) is 4. The van der Waals surface area contributed by atoms with Crippen molar-refractivity contribution in [1.29, 1.82) is 5.26 Å². The second-order valence-corrected chi connectivity index (χ2v) is 5.11. The van der Waals surface area contributed by atoms with Crippen molar-refractivity contribution >= 4 is 0 Å². The van der Waals surface area contributed by atoms with Crippen molar-refractivity contribution < 1.29 is 13.5 Å². The van der Waals surface area contributed by atoms with Crippen LogP contribution in [0.2, 0.25) is 0 Å². The molecule has 0 aromatic heterocycles. The van der Waals surface area contributed by atoms with Crippen molar-refractivity contribution in [2.75, 3.05) is 32.8 Å². The van der Waals surface area contributed by atoms with Gasteiger partial charge in [0.05, 0.1) is 12.7 Å². The van der Waals surface area contributed by atoms with Crippen LogP contribution < -0.4 is 5.32 Å². The fraction of sp³-hybridized carbons (Fsp3) is 0.500. The Bertz CT molecular complexity index is 558. The minimum Gasteiger partial charge on any atom is -0.370 e. The minimum atomic E-state index is -0.829. The largest absolute Gasteiger partial charge is 0.370 e. The number of halogens is 2. The number of fused-ring (bicyclic) bond motifs is 1. The molecule has 2 saturated heterocycles. The number of morpholine rings is 1. The number of nitrogens with zero attached hydrogens (tertiary/aromatic N) is 2. The molecule has 1 aromatic rings. The summed E-state index contributed by atoms with van der Waals surface area (Å²) >= 11 is 0. The monoisotopic (exact) mass is 279 g/mol. The summed E-state index contributed by atoms with van der Waals surface area (Å²) < 4.78 is 33.2. The summed E-state index contributed by atoms with van der Waals surface area (Å²) in [6.45, 7) is 3.73. The Balaban J connectivity index is 1.85. The summed E-state index contributed by atoms with van der Waals surface area (Å²) in [7, 11) is 0. The smallest absolute Gasteiger partial charge is 0.149 e. The van der Waals surface area contributed by atoms with E-state index in [1.807, 2.05) is 0 Å². The van der Waals surface area contributed by atoms with Crippen molar-refractivity contribution in [2.24, 2.45) is 0 Å². The zero-order chi connectivity index (χ0) is 14.1. The van der Waals surface area contributed by atoms with Gasteiger partial charge in [0.15, 0.2) is 0 Å². The molecule has 4 nitrogen and oxygen atoms in total. The molecule has 0 spiro atoms. The standard InChI is InChI=1S/C14H15F2N3O/c15-12-2-1-10(14(16)11(12)5-17)13-7-19-4-3-18-6-9(19)8-20-13/h1-2,9,13,18H,3-4,6-8H2/t9-,13+/m1/s1. The van der Waals surface area contributed by atoms with Crippen LogP contribution in [0.25, 0.3) is 0 Å². The third kappa shape index (κ3) is 2.29. The number of rotatable bonds is 1. The topological polar surface area (TPSA) is 48.3 Å². The van der Waals surface area contributed by atoms with Crippen molar-refractivity contribution in [1.82, 2.24) is 10.2 Å². The summed E-state index contributed by atoms with van der Waals surface area (Å²) in [6, 6.07) is 4.38. The van der Waals surface area contributed by atoms with E-state index < -0.39 is 23.3 Å². The second-order valence-electron chi connectivity index (χ2n) is 5.11. The van der Waals surface area contributed by atoms with E-state index in [-0.39, 0.29) is 5.56 Å². The van der Waals surface area contributed by atoms with Gasteiger partial charge in [0.1, 0.15) is 23.3 Å². The van der Waals surface area contributed by atoms with Gasteiger partial charge in [-0.2, -0.15) is 5.26 Å². The van der Waals surface area contributed by atoms with E-state index in [0.717, 1.165) is 25.7 Å². The lowest BCUT2D eigenvalue weighted by Gasteiger charge is -2.42.